The average Bonchev–Trinajstić information content (AvgIpc) is 2.18. The molecule has 0 atom stereocenters. The Kier molecular flexibility index (Phi) is 8.56. The van der Waals surface area contributed by atoms with Gasteiger partial charge in [0.05, 0.1) is 6.54 Å². The molecular weight excluding hydrogens is 243 g/mol. The average molecular weight is 269 g/mol. The summed E-state index contributed by atoms with van der Waals surface area (Å²) < 4.78 is 35.9. The van der Waals surface area contributed by atoms with E-state index in [9.17, 15) is 13.2 Å². The fourth-order valence-electron chi connectivity index (χ4n) is 1.62. The molecule has 0 aromatic carbocycles. The van der Waals surface area contributed by atoms with E-state index in [2.05, 4.69) is 29.0 Å². The van der Waals surface area contributed by atoms with Crippen molar-refractivity contribution in [2.75, 3.05) is 53.4 Å². The molecule has 0 aromatic heterocycles. The second-order valence-electron chi connectivity index (χ2n) is 5.29. The minimum atomic E-state index is -4.12. The molecule has 0 amide bonds. The van der Waals surface area contributed by atoms with Crippen LogP contribution in [0.5, 0.6) is 0 Å². The second kappa shape index (κ2) is 8.72. The van der Waals surface area contributed by atoms with Crippen molar-refractivity contribution in [1.29, 1.82) is 0 Å². The zero-order valence-electron chi connectivity index (χ0n) is 11.8. The molecule has 1 N–H and O–H groups in total. The third kappa shape index (κ3) is 12.1. The smallest absolute Gasteiger partial charge is 0.308 e. The van der Waals surface area contributed by atoms with Gasteiger partial charge in [0, 0.05) is 32.7 Å². The number of alkyl halides is 3. The predicted molar refractivity (Wildman–Crippen MR) is 68.8 cm³/mol. The minimum Gasteiger partial charge on any atom is -0.308 e. The largest absolute Gasteiger partial charge is 0.401 e. The van der Waals surface area contributed by atoms with Crippen molar-refractivity contribution in [1.82, 2.24) is 15.1 Å². The molecule has 0 saturated heterocycles. The SMILES string of the molecule is CC(C)CN(CCNCC(F)(F)F)CCN(C)C. The Morgan fingerprint density at radius 3 is 2.11 bits per heavy atom. The fraction of sp³-hybridized carbons (Fsp3) is 1.00. The van der Waals surface area contributed by atoms with Crippen LogP contribution in [0, 0.1) is 5.92 Å². The Morgan fingerprint density at radius 2 is 1.67 bits per heavy atom. The van der Waals surface area contributed by atoms with Gasteiger partial charge in [0.15, 0.2) is 0 Å². The molecule has 0 aliphatic rings. The summed E-state index contributed by atoms with van der Waals surface area (Å²) in [5.74, 6) is 0.523. The zero-order chi connectivity index (χ0) is 14.2. The molecule has 0 aromatic rings. The van der Waals surface area contributed by atoms with Crippen molar-refractivity contribution in [2.24, 2.45) is 5.92 Å². The quantitative estimate of drug-likeness (QED) is 0.642. The summed E-state index contributed by atoms with van der Waals surface area (Å²) in [6.45, 7) is 7.09. The standard InChI is InChI=1S/C12H26F3N3/c1-11(2)9-18(8-7-17(3)4)6-5-16-10-12(13,14)15/h11,16H,5-10H2,1-4H3. The van der Waals surface area contributed by atoms with E-state index < -0.39 is 12.7 Å². The van der Waals surface area contributed by atoms with Gasteiger partial charge in [-0.2, -0.15) is 13.2 Å². The Hall–Kier alpha value is -0.330. The van der Waals surface area contributed by atoms with Gasteiger partial charge in [0.2, 0.25) is 0 Å². The lowest BCUT2D eigenvalue weighted by Crippen LogP contribution is -2.40. The second-order valence-corrected chi connectivity index (χ2v) is 5.29. The molecule has 0 fully saturated rings. The van der Waals surface area contributed by atoms with E-state index in [1.54, 1.807) is 0 Å². The van der Waals surface area contributed by atoms with Crippen molar-refractivity contribution in [3.63, 3.8) is 0 Å². The molecule has 0 spiro atoms. The molecule has 0 unspecified atom stereocenters. The van der Waals surface area contributed by atoms with Gasteiger partial charge < -0.3 is 15.1 Å². The topological polar surface area (TPSA) is 18.5 Å². The maximum Gasteiger partial charge on any atom is 0.401 e. The van der Waals surface area contributed by atoms with Gasteiger partial charge in [-0.3, -0.25) is 0 Å². The first-order valence-electron chi connectivity index (χ1n) is 6.35. The van der Waals surface area contributed by atoms with Gasteiger partial charge in [-0.25, -0.2) is 0 Å². The van der Waals surface area contributed by atoms with Gasteiger partial charge in [-0.05, 0) is 20.0 Å². The lowest BCUT2D eigenvalue weighted by Gasteiger charge is -2.26. The van der Waals surface area contributed by atoms with E-state index in [0.29, 0.717) is 19.0 Å². The van der Waals surface area contributed by atoms with Crippen molar-refractivity contribution in [2.45, 2.75) is 20.0 Å². The molecule has 0 radical (unpaired) electrons. The lowest BCUT2D eigenvalue weighted by molar-refractivity contribution is -0.124. The molecular formula is C12H26F3N3. The molecule has 18 heavy (non-hydrogen) atoms. The highest BCUT2D eigenvalue weighted by atomic mass is 19.4. The van der Waals surface area contributed by atoms with Crippen molar-refractivity contribution >= 4 is 0 Å². The predicted octanol–water partition coefficient (Wildman–Crippen LogP) is 1.66. The maximum absolute atomic E-state index is 12.0. The first-order chi connectivity index (χ1) is 8.20. The van der Waals surface area contributed by atoms with Gasteiger partial charge in [0.1, 0.15) is 0 Å². The van der Waals surface area contributed by atoms with Crippen LogP contribution in [0.1, 0.15) is 13.8 Å². The number of hydrogen-bond donors (Lipinski definition) is 1. The van der Waals surface area contributed by atoms with Gasteiger partial charge in [-0.15, -0.1) is 0 Å². The summed E-state index contributed by atoms with van der Waals surface area (Å²) in [5.41, 5.74) is 0. The summed E-state index contributed by atoms with van der Waals surface area (Å²) in [6, 6.07) is 0. The molecule has 0 aliphatic carbocycles. The summed E-state index contributed by atoms with van der Waals surface area (Å²) in [7, 11) is 3.99. The molecule has 0 heterocycles. The molecule has 0 bridgehead atoms. The molecule has 0 saturated carbocycles. The summed E-state index contributed by atoms with van der Waals surface area (Å²) in [6.07, 6.45) is -4.12. The Balaban J connectivity index is 3.86. The van der Waals surface area contributed by atoms with E-state index >= 15 is 0 Å². The van der Waals surface area contributed by atoms with Crippen LogP contribution in [0.2, 0.25) is 0 Å². The highest BCUT2D eigenvalue weighted by Crippen LogP contribution is 2.11. The van der Waals surface area contributed by atoms with E-state index in [0.717, 1.165) is 19.6 Å². The number of hydrogen-bond acceptors (Lipinski definition) is 3. The lowest BCUT2D eigenvalue weighted by atomic mass is 10.2. The highest BCUT2D eigenvalue weighted by molar-refractivity contribution is 4.65. The van der Waals surface area contributed by atoms with Crippen LogP contribution >= 0.6 is 0 Å². The van der Waals surface area contributed by atoms with Gasteiger partial charge in [-0.1, -0.05) is 13.8 Å². The Morgan fingerprint density at radius 1 is 1.06 bits per heavy atom. The van der Waals surface area contributed by atoms with Gasteiger partial charge >= 0.3 is 6.18 Å². The Bertz CT molecular complexity index is 205. The molecule has 6 heteroatoms. The van der Waals surface area contributed by atoms with Crippen LogP contribution in [0.25, 0.3) is 0 Å². The van der Waals surface area contributed by atoms with Crippen LogP contribution in [0.4, 0.5) is 13.2 Å². The minimum absolute atomic E-state index is 0.375. The van der Waals surface area contributed by atoms with E-state index in [1.807, 2.05) is 14.1 Å². The number of halogens is 3. The van der Waals surface area contributed by atoms with Crippen LogP contribution in [-0.4, -0.2) is 69.3 Å². The monoisotopic (exact) mass is 269 g/mol. The number of rotatable bonds is 9. The van der Waals surface area contributed by atoms with Crippen molar-refractivity contribution in [3.05, 3.63) is 0 Å². The first kappa shape index (κ1) is 17.7. The molecule has 3 nitrogen and oxygen atoms in total. The van der Waals surface area contributed by atoms with Crippen LogP contribution in [-0.2, 0) is 0 Å². The number of likely N-dealkylation sites (N-methyl/N-ethyl adjacent to an activating group) is 1. The van der Waals surface area contributed by atoms with E-state index in [1.165, 1.54) is 0 Å². The van der Waals surface area contributed by atoms with Gasteiger partial charge in [0.25, 0.3) is 0 Å². The van der Waals surface area contributed by atoms with Crippen LogP contribution in [0.15, 0.2) is 0 Å². The summed E-state index contributed by atoms with van der Waals surface area (Å²) in [5, 5.41) is 2.44. The summed E-state index contributed by atoms with van der Waals surface area (Å²) in [4.78, 5) is 4.28. The normalized spacial score (nSPS) is 13.0. The maximum atomic E-state index is 12.0. The van der Waals surface area contributed by atoms with Crippen molar-refractivity contribution < 1.29 is 13.2 Å². The van der Waals surface area contributed by atoms with Crippen molar-refractivity contribution in [3.8, 4) is 0 Å². The van der Waals surface area contributed by atoms with Crippen LogP contribution < -0.4 is 5.32 Å². The third-order valence-corrected chi connectivity index (χ3v) is 2.42. The Labute approximate surface area is 108 Å². The summed E-state index contributed by atoms with van der Waals surface area (Å²) >= 11 is 0. The van der Waals surface area contributed by atoms with E-state index in [4.69, 9.17) is 0 Å². The molecule has 110 valence electrons. The third-order valence-electron chi connectivity index (χ3n) is 2.42. The zero-order valence-corrected chi connectivity index (χ0v) is 11.8. The van der Waals surface area contributed by atoms with Crippen LogP contribution in [0.3, 0.4) is 0 Å². The fourth-order valence-corrected chi connectivity index (χ4v) is 1.62. The number of nitrogens with zero attached hydrogens (tertiary/aromatic N) is 2. The molecule has 0 rings (SSSR count). The van der Waals surface area contributed by atoms with E-state index in [-0.39, 0.29) is 0 Å². The highest BCUT2D eigenvalue weighted by Gasteiger charge is 2.26. The first-order valence-corrected chi connectivity index (χ1v) is 6.35. The number of nitrogens with one attached hydrogen (secondary N) is 1. The molecule has 0 aliphatic heterocycles.